The van der Waals surface area contributed by atoms with E-state index in [-0.39, 0.29) is 5.91 Å². The SMILES string of the molecule is CCCc1c(-c2ccc(OC)cc2)c(C(N)=O)c(C)n1C1CC1. The standard InChI is InChI=1S/C19H24N2O2/c1-4-5-16-18(13-6-10-15(23-3)11-7-13)17(19(20)22)12(2)21(16)14-8-9-14/h6-7,10-11,14H,4-5,8-9H2,1-3H3,(H2,20,22). The highest BCUT2D eigenvalue weighted by Gasteiger charge is 2.32. The van der Waals surface area contributed by atoms with Gasteiger partial charge in [-0.3, -0.25) is 4.79 Å². The maximum absolute atomic E-state index is 12.1. The number of amides is 1. The predicted molar refractivity (Wildman–Crippen MR) is 91.9 cm³/mol. The molecule has 1 aromatic heterocycles. The van der Waals surface area contributed by atoms with Crippen molar-refractivity contribution in [3.8, 4) is 16.9 Å². The molecular weight excluding hydrogens is 288 g/mol. The van der Waals surface area contributed by atoms with E-state index in [0.717, 1.165) is 35.4 Å². The predicted octanol–water partition coefficient (Wildman–Crippen LogP) is 3.86. The van der Waals surface area contributed by atoms with Crippen LogP contribution in [0.25, 0.3) is 11.1 Å². The number of benzene rings is 1. The smallest absolute Gasteiger partial charge is 0.251 e. The third-order valence-corrected chi connectivity index (χ3v) is 4.58. The number of nitrogens with zero attached hydrogens (tertiary/aromatic N) is 1. The Kier molecular flexibility index (Phi) is 4.16. The molecule has 0 unspecified atom stereocenters. The van der Waals surface area contributed by atoms with Crippen LogP contribution in [-0.2, 0) is 6.42 Å². The number of ether oxygens (including phenoxy) is 1. The van der Waals surface area contributed by atoms with Crippen molar-refractivity contribution in [1.82, 2.24) is 4.57 Å². The number of hydrogen-bond acceptors (Lipinski definition) is 2. The highest BCUT2D eigenvalue weighted by atomic mass is 16.5. The van der Waals surface area contributed by atoms with E-state index in [1.54, 1.807) is 7.11 Å². The molecule has 0 radical (unpaired) electrons. The van der Waals surface area contributed by atoms with Crippen LogP contribution in [0.3, 0.4) is 0 Å². The Morgan fingerprint density at radius 3 is 2.43 bits per heavy atom. The van der Waals surface area contributed by atoms with Crippen LogP contribution in [0.1, 0.15) is 54.0 Å². The van der Waals surface area contributed by atoms with Gasteiger partial charge in [-0.2, -0.15) is 0 Å². The van der Waals surface area contributed by atoms with Crippen LogP contribution >= 0.6 is 0 Å². The minimum Gasteiger partial charge on any atom is -0.497 e. The lowest BCUT2D eigenvalue weighted by Gasteiger charge is -2.12. The van der Waals surface area contributed by atoms with Gasteiger partial charge in [0.05, 0.1) is 12.7 Å². The lowest BCUT2D eigenvalue weighted by Crippen LogP contribution is -2.13. The summed E-state index contributed by atoms with van der Waals surface area (Å²) in [4.78, 5) is 12.1. The molecule has 1 fully saturated rings. The minimum atomic E-state index is -0.343. The molecule has 0 saturated heterocycles. The van der Waals surface area contributed by atoms with Gasteiger partial charge in [0.25, 0.3) is 5.91 Å². The maximum Gasteiger partial charge on any atom is 0.251 e. The lowest BCUT2D eigenvalue weighted by molar-refractivity contribution is 0.1000. The first kappa shape index (κ1) is 15.7. The number of carbonyl (C=O) groups excluding carboxylic acids is 1. The summed E-state index contributed by atoms with van der Waals surface area (Å²) in [6.07, 6.45) is 4.36. The van der Waals surface area contributed by atoms with Crippen LogP contribution in [0.2, 0.25) is 0 Å². The number of methoxy groups -OCH3 is 1. The summed E-state index contributed by atoms with van der Waals surface area (Å²) in [6, 6.07) is 8.41. The first-order chi connectivity index (χ1) is 11.1. The molecule has 0 bridgehead atoms. The quantitative estimate of drug-likeness (QED) is 0.880. The largest absolute Gasteiger partial charge is 0.497 e. The van der Waals surface area contributed by atoms with E-state index in [2.05, 4.69) is 11.5 Å². The summed E-state index contributed by atoms with van der Waals surface area (Å²) in [5, 5.41) is 0. The molecular formula is C19H24N2O2. The van der Waals surface area contributed by atoms with Crippen LogP contribution in [0.5, 0.6) is 5.75 Å². The van der Waals surface area contributed by atoms with Crippen molar-refractivity contribution >= 4 is 5.91 Å². The number of aromatic nitrogens is 1. The molecule has 122 valence electrons. The fourth-order valence-electron chi connectivity index (χ4n) is 3.45. The molecule has 23 heavy (non-hydrogen) atoms. The minimum absolute atomic E-state index is 0.343. The fraction of sp³-hybridized carbons (Fsp3) is 0.421. The zero-order valence-electron chi connectivity index (χ0n) is 14.1. The third-order valence-electron chi connectivity index (χ3n) is 4.58. The van der Waals surface area contributed by atoms with Crippen molar-refractivity contribution in [1.29, 1.82) is 0 Å². The topological polar surface area (TPSA) is 57.2 Å². The number of hydrogen-bond donors (Lipinski definition) is 1. The molecule has 1 aliphatic carbocycles. The molecule has 0 aliphatic heterocycles. The maximum atomic E-state index is 12.1. The average molecular weight is 312 g/mol. The molecule has 4 nitrogen and oxygen atoms in total. The summed E-state index contributed by atoms with van der Waals surface area (Å²) in [5.74, 6) is 0.467. The summed E-state index contributed by atoms with van der Waals surface area (Å²) in [6.45, 7) is 4.19. The second-order valence-electron chi connectivity index (χ2n) is 6.23. The Morgan fingerprint density at radius 1 is 1.30 bits per heavy atom. The van der Waals surface area contributed by atoms with E-state index in [9.17, 15) is 4.79 Å². The molecule has 1 amide bonds. The van der Waals surface area contributed by atoms with E-state index in [1.807, 2.05) is 31.2 Å². The number of primary amides is 1. The Balaban J connectivity index is 2.23. The van der Waals surface area contributed by atoms with Crippen LogP contribution in [0, 0.1) is 6.92 Å². The summed E-state index contributed by atoms with van der Waals surface area (Å²) in [7, 11) is 1.65. The van der Waals surface area contributed by atoms with Gasteiger partial charge in [-0.05, 0) is 43.9 Å². The van der Waals surface area contributed by atoms with Gasteiger partial charge in [-0.1, -0.05) is 25.5 Å². The molecule has 1 heterocycles. The van der Waals surface area contributed by atoms with Gasteiger partial charge in [0.2, 0.25) is 0 Å². The van der Waals surface area contributed by atoms with E-state index < -0.39 is 0 Å². The van der Waals surface area contributed by atoms with E-state index in [4.69, 9.17) is 10.5 Å². The van der Waals surface area contributed by atoms with Crippen molar-refractivity contribution < 1.29 is 9.53 Å². The van der Waals surface area contributed by atoms with E-state index in [1.165, 1.54) is 18.5 Å². The highest BCUT2D eigenvalue weighted by molar-refractivity contribution is 6.02. The summed E-state index contributed by atoms with van der Waals surface area (Å²) < 4.78 is 7.59. The monoisotopic (exact) mass is 312 g/mol. The number of rotatable bonds is 6. The van der Waals surface area contributed by atoms with Crippen LogP contribution in [0.4, 0.5) is 0 Å². The third kappa shape index (κ3) is 2.74. The second kappa shape index (κ2) is 6.11. The fourth-order valence-corrected chi connectivity index (χ4v) is 3.45. The zero-order chi connectivity index (χ0) is 16.6. The first-order valence-electron chi connectivity index (χ1n) is 8.26. The Hall–Kier alpha value is -2.23. The van der Waals surface area contributed by atoms with Crippen LogP contribution < -0.4 is 10.5 Å². The molecule has 2 N–H and O–H groups in total. The summed E-state index contributed by atoms with van der Waals surface area (Å²) in [5.41, 5.74) is 10.7. The number of carbonyl (C=O) groups is 1. The normalized spacial score (nSPS) is 14.0. The highest BCUT2D eigenvalue weighted by Crippen LogP contribution is 2.43. The van der Waals surface area contributed by atoms with Crippen molar-refractivity contribution in [3.05, 3.63) is 41.2 Å². The molecule has 3 rings (SSSR count). The van der Waals surface area contributed by atoms with Gasteiger partial charge in [0.1, 0.15) is 5.75 Å². The summed E-state index contributed by atoms with van der Waals surface area (Å²) >= 11 is 0. The molecule has 2 aromatic rings. The Bertz CT molecular complexity index is 725. The van der Waals surface area contributed by atoms with Crippen molar-refractivity contribution in [3.63, 3.8) is 0 Å². The van der Waals surface area contributed by atoms with Gasteiger partial charge in [0.15, 0.2) is 0 Å². The first-order valence-corrected chi connectivity index (χ1v) is 8.26. The molecule has 1 saturated carbocycles. The second-order valence-corrected chi connectivity index (χ2v) is 6.23. The van der Waals surface area contributed by atoms with Crippen molar-refractivity contribution in [2.75, 3.05) is 7.11 Å². The van der Waals surface area contributed by atoms with Gasteiger partial charge in [-0.15, -0.1) is 0 Å². The molecule has 4 heteroatoms. The van der Waals surface area contributed by atoms with Gasteiger partial charge >= 0.3 is 0 Å². The Labute approximate surface area is 137 Å². The van der Waals surface area contributed by atoms with E-state index in [0.29, 0.717) is 11.6 Å². The van der Waals surface area contributed by atoms with Gasteiger partial charge < -0.3 is 15.0 Å². The molecule has 0 atom stereocenters. The Morgan fingerprint density at radius 2 is 1.96 bits per heavy atom. The van der Waals surface area contributed by atoms with Crippen molar-refractivity contribution in [2.24, 2.45) is 5.73 Å². The van der Waals surface area contributed by atoms with Crippen LogP contribution in [0.15, 0.2) is 24.3 Å². The average Bonchev–Trinajstić information content (AvgIpc) is 3.32. The molecule has 1 aromatic carbocycles. The van der Waals surface area contributed by atoms with Gasteiger partial charge in [0, 0.05) is 23.0 Å². The zero-order valence-corrected chi connectivity index (χ0v) is 14.1. The van der Waals surface area contributed by atoms with Gasteiger partial charge in [-0.25, -0.2) is 0 Å². The number of nitrogens with two attached hydrogens (primary N) is 1. The molecule has 0 spiro atoms. The van der Waals surface area contributed by atoms with Crippen LogP contribution in [-0.4, -0.2) is 17.6 Å². The lowest BCUT2D eigenvalue weighted by atomic mass is 9.98. The molecule has 1 aliphatic rings. The van der Waals surface area contributed by atoms with E-state index >= 15 is 0 Å². The van der Waals surface area contributed by atoms with Crippen molar-refractivity contribution in [2.45, 2.75) is 45.6 Å².